The molecule has 5 heteroatoms. The highest BCUT2D eigenvalue weighted by Gasteiger charge is 2.08. The van der Waals surface area contributed by atoms with Crippen molar-refractivity contribution >= 4 is 23.4 Å². The van der Waals surface area contributed by atoms with Gasteiger partial charge in [0.15, 0.2) is 5.16 Å². The molecule has 2 rings (SSSR count). The SMILES string of the molecule is CSc1nccc(=O)n1-c1ccccc1Cl. The Bertz CT molecular complexity index is 568. The van der Waals surface area contributed by atoms with Gasteiger partial charge in [-0.15, -0.1) is 0 Å². The third kappa shape index (κ3) is 1.99. The lowest BCUT2D eigenvalue weighted by atomic mass is 10.3. The molecule has 0 bridgehead atoms. The minimum Gasteiger partial charge on any atom is -0.269 e. The van der Waals surface area contributed by atoms with Crippen LogP contribution >= 0.6 is 23.4 Å². The fourth-order valence-electron chi connectivity index (χ4n) is 1.39. The van der Waals surface area contributed by atoms with Crippen molar-refractivity contribution in [3.63, 3.8) is 0 Å². The Morgan fingerprint density at radius 2 is 2.06 bits per heavy atom. The van der Waals surface area contributed by atoms with E-state index in [-0.39, 0.29) is 5.56 Å². The lowest BCUT2D eigenvalue weighted by Crippen LogP contribution is -2.19. The summed E-state index contributed by atoms with van der Waals surface area (Å²) in [4.78, 5) is 15.9. The van der Waals surface area contributed by atoms with E-state index in [4.69, 9.17) is 11.6 Å². The summed E-state index contributed by atoms with van der Waals surface area (Å²) in [5.74, 6) is 0. The van der Waals surface area contributed by atoms with Crippen molar-refractivity contribution in [3.05, 3.63) is 51.9 Å². The largest absolute Gasteiger partial charge is 0.269 e. The third-order valence-corrected chi connectivity index (χ3v) is 3.06. The van der Waals surface area contributed by atoms with Crippen molar-refractivity contribution < 1.29 is 0 Å². The number of rotatable bonds is 2. The van der Waals surface area contributed by atoms with E-state index < -0.39 is 0 Å². The van der Waals surface area contributed by atoms with Gasteiger partial charge in [-0.05, 0) is 18.4 Å². The smallest absolute Gasteiger partial charge is 0.258 e. The fourth-order valence-corrected chi connectivity index (χ4v) is 2.15. The molecule has 2 aromatic rings. The highest BCUT2D eigenvalue weighted by molar-refractivity contribution is 7.98. The molecule has 0 amide bonds. The summed E-state index contributed by atoms with van der Waals surface area (Å²) in [6, 6.07) is 8.63. The van der Waals surface area contributed by atoms with E-state index >= 15 is 0 Å². The van der Waals surface area contributed by atoms with Gasteiger partial charge in [0.1, 0.15) is 0 Å². The van der Waals surface area contributed by atoms with Gasteiger partial charge in [-0.25, -0.2) is 4.98 Å². The van der Waals surface area contributed by atoms with Gasteiger partial charge < -0.3 is 0 Å². The van der Waals surface area contributed by atoms with Crippen LogP contribution in [0.1, 0.15) is 0 Å². The number of aromatic nitrogens is 2. The first-order valence-corrected chi connectivity index (χ1v) is 6.21. The predicted molar refractivity (Wildman–Crippen MR) is 66.6 cm³/mol. The van der Waals surface area contributed by atoms with Crippen LogP contribution in [0.5, 0.6) is 0 Å². The van der Waals surface area contributed by atoms with E-state index in [2.05, 4.69) is 4.98 Å². The Kier molecular flexibility index (Phi) is 3.31. The second kappa shape index (κ2) is 4.72. The molecule has 0 saturated heterocycles. The standard InChI is InChI=1S/C11H9ClN2OS/c1-16-11-13-7-6-10(15)14(11)9-5-3-2-4-8(9)12/h2-7H,1H3. The number of nitrogens with zero attached hydrogens (tertiary/aromatic N) is 2. The van der Waals surface area contributed by atoms with Crippen LogP contribution in [0.2, 0.25) is 5.02 Å². The lowest BCUT2D eigenvalue weighted by molar-refractivity contribution is 0.798. The summed E-state index contributed by atoms with van der Waals surface area (Å²) in [5.41, 5.74) is 0.527. The van der Waals surface area contributed by atoms with Crippen LogP contribution in [0.3, 0.4) is 0 Å². The van der Waals surface area contributed by atoms with Gasteiger partial charge in [-0.1, -0.05) is 35.5 Å². The van der Waals surface area contributed by atoms with Crippen molar-refractivity contribution in [1.29, 1.82) is 0 Å². The molecule has 3 nitrogen and oxygen atoms in total. The summed E-state index contributed by atoms with van der Waals surface area (Å²) in [7, 11) is 0. The van der Waals surface area contributed by atoms with Crippen LogP contribution in [0.25, 0.3) is 5.69 Å². The molecule has 1 heterocycles. The molecule has 0 radical (unpaired) electrons. The van der Waals surface area contributed by atoms with Gasteiger partial charge in [-0.2, -0.15) is 0 Å². The summed E-state index contributed by atoms with van der Waals surface area (Å²) in [6.45, 7) is 0. The Morgan fingerprint density at radius 3 is 2.75 bits per heavy atom. The highest BCUT2D eigenvalue weighted by Crippen LogP contribution is 2.21. The molecule has 16 heavy (non-hydrogen) atoms. The van der Waals surface area contributed by atoms with Gasteiger partial charge in [0, 0.05) is 12.3 Å². The summed E-state index contributed by atoms with van der Waals surface area (Å²) in [6.07, 6.45) is 3.37. The number of thioether (sulfide) groups is 1. The molecular formula is C11H9ClN2OS. The number of hydrogen-bond acceptors (Lipinski definition) is 3. The molecular weight excluding hydrogens is 244 g/mol. The molecule has 1 aromatic heterocycles. The van der Waals surface area contributed by atoms with Crippen LogP contribution in [0.15, 0.2) is 46.5 Å². The Hall–Kier alpha value is -1.26. The maximum absolute atomic E-state index is 11.8. The third-order valence-electron chi connectivity index (χ3n) is 2.09. The molecule has 0 fully saturated rings. The van der Waals surface area contributed by atoms with Crippen molar-refractivity contribution in [1.82, 2.24) is 9.55 Å². The van der Waals surface area contributed by atoms with Gasteiger partial charge in [0.05, 0.1) is 10.7 Å². The van der Waals surface area contributed by atoms with Crippen molar-refractivity contribution in [2.75, 3.05) is 6.26 Å². The van der Waals surface area contributed by atoms with Gasteiger partial charge in [-0.3, -0.25) is 9.36 Å². The zero-order chi connectivity index (χ0) is 11.5. The summed E-state index contributed by atoms with van der Waals surface area (Å²) < 4.78 is 1.51. The van der Waals surface area contributed by atoms with Gasteiger partial charge in [0.25, 0.3) is 5.56 Å². The average Bonchev–Trinajstić information content (AvgIpc) is 2.30. The molecule has 0 spiro atoms. The molecule has 0 aliphatic rings. The Labute approximate surface area is 102 Å². The van der Waals surface area contributed by atoms with E-state index in [1.54, 1.807) is 12.1 Å². The minimum atomic E-state index is -0.132. The first kappa shape index (κ1) is 11.2. The highest BCUT2D eigenvalue weighted by atomic mass is 35.5. The monoisotopic (exact) mass is 252 g/mol. The van der Waals surface area contributed by atoms with Crippen LogP contribution in [0.4, 0.5) is 0 Å². The second-order valence-electron chi connectivity index (χ2n) is 3.06. The van der Waals surface area contributed by atoms with E-state index in [1.165, 1.54) is 28.6 Å². The molecule has 0 aliphatic carbocycles. The molecule has 0 saturated carbocycles. The van der Waals surface area contributed by atoms with E-state index in [9.17, 15) is 4.79 Å². The minimum absolute atomic E-state index is 0.132. The van der Waals surface area contributed by atoms with Crippen LogP contribution < -0.4 is 5.56 Å². The van der Waals surface area contributed by atoms with E-state index in [0.29, 0.717) is 15.9 Å². The molecule has 0 aliphatic heterocycles. The molecule has 0 atom stereocenters. The lowest BCUT2D eigenvalue weighted by Gasteiger charge is -2.10. The van der Waals surface area contributed by atoms with Crippen LogP contribution in [-0.4, -0.2) is 15.8 Å². The van der Waals surface area contributed by atoms with Crippen molar-refractivity contribution in [2.24, 2.45) is 0 Å². The summed E-state index contributed by atoms with van der Waals surface area (Å²) >= 11 is 7.47. The maximum Gasteiger partial charge on any atom is 0.258 e. The zero-order valence-electron chi connectivity index (χ0n) is 8.55. The Morgan fingerprint density at radius 1 is 1.31 bits per heavy atom. The maximum atomic E-state index is 11.8. The Balaban J connectivity index is 2.73. The van der Waals surface area contributed by atoms with E-state index in [1.807, 2.05) is 18.4 Å². The molecule has 82 valence electrons. The zero-order valence-corrected chi connectivity index (χ0v) is 10.1. The second-order valence-corrected chi connectivity index (χ2v) is 4.24. The molecule has 0 N–H and O–H groups in total. The predicted octanol–water partition coefficient (Wildman–Crippen LogP) is 2.61. The quantitative estimate of drug-likeness (QED) is 0.609. The number of hydrogen-bond donors (Lipinski definition) is 0. The number of benzene rings is 1. The molecule has 0 unspecified atom stereocenters. The molecule has 1 aromatic carbocycles. The van der Waals surface area contributed by atoms with Crippen LogP contribution in [0, 0.1) is 0 Å². The number of halogens is 1. The van der Waals surface area contributed by atoms with Crippen molar-refractivity contribution in [3.8, 4) is 5.69 Å². The first-order valence-electron chi connectivity index (χ1n) is 4.61. The normalized spacial score (nSPS) is 10.4. The summed E-state index contributed by atoms with van der Waals surface area (Å²) in [5, 5.41) is 1.16. The van der Waals surface area contributed by atoms with Gasteiger partial charge >= 0.3 is 0 Å². The average molecular weight is 253 g/mol. The fraction of sp³-hybridized carbons (Fsp3) is 0.0909. The topological polar surface area (TPSA) is 34.9 Å². The number of para-hydroxylation sites is 1. The first-order chi connectivity index (χ1) is 7.74. The van der Waals surface area contributed by atoms with E-state index in [0.717, 1.165) is 0 Å². The van der Waals surface area contributed by atoms with Crippen LogP contribution in [-0.2, 0) is 0 Å². The van der Waals surface area contributed by atoms with Crippen molar-refractivity contribution in [2.45, 2.75) is 5.16 Å². The van der Waals surface area contributed by atoms with Gasteiger partial charge in [0.2, 0.25) is 0 Å².